The van der Waals surface area contributed by atoms with Crippen molar-refractivity contribution in [1.29, 1.82) is 0 Å². The summed E-state index contributed by atoms with van der Waals surface area (Å²) in [5.41, 5.74) is 9.55. The lowest BCUT2D eigenvalue weighted by atomic mass is 9.90. The highest BCUT2D eigenvalue weighted by Crippen LogP contribution is 2.36. The van der Waals surface area contributed by atoms with Crippen molar-refractivity contribution < 1.29 is 14.2 Å². The summed E-state index contributed by atoms with van der Waals surface area (Å²) in [5, 5.41) is 0. The first-order valence-corrected chi connectivity index (χ1v) is 8.77. The molecule has 4 nitrogen and oxygen atoms in total. The zero-order valence-corrected chi connectivity index (χ0v) is 15.7. The SMILES string of the molecule is CCCOc1c(CC(CN)c2cc(C)ccc2OC)cccc1OC. The van der Waals surface area contributed by atoms with Crippen LogP contribution in [0.1, 0.15) is 36.0 Å². The first kappa shape index (κ1) is 19.1. The fraction of sp³-hybridized carbons (Fsp3) is 0.429. The van der Waals surface area contributed by atoms with E-state index in [9.17, 15) is 0 Å². The Labute approximate surface area is 150 Å². The summed E-state index contributed by atoms with van der Waals surface area (Å²) in [6.45, 7) is 5.37. The van der Waals surface area contributed by atoms with Gasteiger partial charge in [0.25, 0.3) is 0 Å². The average molecular weight is 343 g/mol. The third kappa shape index (κ3) is 4.67. The van der Waals surface area contributed by atoms with Gasteiger partial charge in [0.15, 0.2) is 11.5 Å². The predicted octanol–water partition coefficient (Wildman–Crippen LogP) is 4.09. The van der Waals surface area contributed by atoms with E-state index in [0.717, 1.165) is 41.2 Å². The number of hydrogen-bond donors (Lipinski definition) is 1. The zero-order chi connectivity index (χ0) is 18.2. The third-order valence-corrected chi connectivity index (χ3v) is 4.31. The van der Waals surface area contributed by atoms with Crippen LogP contribution in [0.25, 0.3) is 0 Å². The molecule has 0 radical (unpaired) electrons. The highest BCUT2D eigenvalue weighted by molar-refractivity contribution is 5.48. The van der Waals surface area contributed by atoms with Crippen molar-refractivity contribution in [2.24, 2.45) is 5.73 Å². The van der Waals surface area contributed by atoms with Crippen LogP contribution >= 0.6 is 0 Å². The highest BCUT2D eigenvalue weighted by atomic mass is 16.5. The fourth-order valence-corrected chi connectivity index (χ4v) is 3.01. The van der Waals surface area contributed by atoms with Crippen molar-refractivity contribution >= 4 is 0 Å². The van der Waals surface area contributed by atoms with E-state index in [0.29, 0.717) is 13.2 Å². The average Bonchev–Trinajstić information content (AvgIpc) is 2.64. The normalized spacial score (nSPS) is 11.9. The lowest BCUT2D eigenvalue weighted by Crippen LogP contribution is -2.17. The van der Waals surface area contributed by atoms with Crippen LogP contribution in [0.4, 0.5) is 0 Å². The molecular weight excluding hydrogens is 314 g/mol. The molecule has 2 aromatic carbocycles. The topological polar surface area (TPSA) is 53.7 Å². The molecule has 1 unspecified atom stereocenters. The third-order valence-electron chi connectivity index (χ3n) is 4.31. The van der Waals surface area contributed by atoms with Crippen LogP contribution in [-0.4, -0.2) is 27.4 Å². The second kappa shape index (κ2) is 9.33. The van der Waals surface area contributed by atoms with Gasteiger partial charge in [0.05, 0.1) is 20.8 Å². The van der Waals surface area contributed by atoms with Crippen LogP contribution in [0.2, 0.25) is 0 Å². The number of para-hydroxylation sites is 1. The molecule has 1 atom stereocenters. The maximum Gasteiger partial charge on any atom is 0.164 e. The zero-order valence-electron chi connectivity index (χ0n) is 15.7. The van der Waals surface area contributed by atoms with Crippen molar-refractivity contribution in [1.82, 2.24) is 0 Å². The van der Waals surface area contributed by atoms with Gasteiger partial charge < -0.3 is 19.9 Å². The minimum atomic E-state index is 0.144. The molecule has 0 saturated carbocycles. The number of benzene rings is 2. The standard InChI is InChI=1S/C21H29NO3/c1-5-11-25-21-16(7-6-8-20(21)24-4)13-17(14-22)18-12-15(2)9-10-19(18)23-3/h6-10,12,17H,5,11,13-14,22H2,1-4H3. The quantitative estimate of drug-likeness (QED) is 0.745. The number of methoxy groups -OCH3 is 2. The van der Waals surface area contributed by atoms with E-state index in [1.807, 2.05) is 18.2 Å². The van der Waals surface area contributed by atoms with Crippen molar-refractivity contribution in [2.45, 2.75) is 32.6 Å². The molecule has 0 aliphatic carbocycles. The minimum absolute atomic E-state index is 0.144. The summed E-state index contributed by atoms with van der Waals surface area (Å²) in [5.74, 6) is 2.60. The number of nitrogens with two attached hydrogens (primary N) is 1. The molecule has 2 N–H and O–H groups in total. The summed E-state index contributed by atoms with van der Waals surface area (Å²) in [6.07, 6.45) is 1.72. The largest absolute Gasteiger partial charge is 0.496 e. The number of ether oxygens (including phenoxy) is 3. The van der Waals surface area contributed by atoms with Gasteiger partial charge in [-0.2, -0.15) is 0 Å². The lowest BCUT2D eigenvalue weighted by molar-refractivity contribution is 0.290. The molecule has 0 aliphatic heterocycles. The highest BCUT2D eigenvalue weighted by Gasteiger charge is 2.19. The van der Waals surface area contributed by atoms with Gasteiger partial charge in [0.1, 0.15) is 5.75 Å². The smallest absolute Gasteiger partial charge is 0.164 e. The van der Waals surface area contributed by atoms with Gasteiger partial charge in [-0.3, -0.25) is 0 Å². The summed E-state index contributed by atoms with van der Waals surface area (Å²) >= 11 is 0. The molecule has 0 fully saturated rings. The van der Waals surface area contributed by atoms with Crippen molar-refractivity contribution in [3.8, 4) is 17.2 Å². The van der Waals surface area contributed by atoms with E-state index in [2.05, 4.69) is 32.0 Å². The van der Waals surface area contributed by atoms with Crippen LogP contribution in [0.15, 0.2) is 36.4 Å². The van der Waals surface area contributed by atoms with E-state index in [-0.39, 0.29) is 5.92 Å². The van der Waals surface area contributed by atoms with Crippen LogP contribution in [0.5, 0.6) is 17.2 Å². The molecule has 0 saturated heterocycles. The van der Waals surface area contributed by atoms with Crippen LogP contribution in [0.3, 0.4) is 0 Å². The van der Waals surface area contributed by atoms with Crippen molar-refractivity contribution in [2.75, 3.05) is 27.4 Å². The number of aryl methyl sites for hydroxylation is 1. The first-order valence-electron chi connectivity index (χ1n) is 8.77. The van der Waals surface area contributed by atoms with Gasteiger partial charge in [-0.15, -0.1) is 0 Å². The predicted molar refractivity (Wildman–Crippen MR) is 102 cm³/mol. The number of rotatable bonds is 9. The number of hydrogen-bond acceptors (Lipinski definition) is 4. The Morgan fingerprint density at radius 1 is 1.04 bits per heavy atom. The molecule has 0 heterocycles. The maximum atomic E-state index is 6.12. The Kier molecular flexibility index (Phi) is 7.14. The Morgan fingerprint density at radius 2 is 1.80 bits per heavy atom. The summed E-state index contributed by atoms with van der Waals surface area (Å²) in [6, 6.07) is 12.2. The second-order valence-corrected chi connectivity index (χ2v) is 6.18. The van der Waals surface area contributed by atoms with E-state index < -0.39 is 0 Å². The molecule has 0 aromatic heterocycles. The molecule has 2 rings (SSSR count). The summed E-state index contributed by atoms with van der Waals surface area (Å²) in [4.78, 5) is 0. The lowest BCUT2D eigenvalue weighted by Gasteiger charge is -2.21. The Hall–Kier alpha value is -2.20. The van der Waals surface area contributed by atoms with Crippen LogP contribution in [0, 0.1) is 6.92 Å². The van der Waals surface area contributed by atoms with Crippen LogP contribution in [-0.2, 0) is 6.42 Å². The van der Waals surface area contributed by atoms with E-state index >= 15 is 0 Å². The molecular formula is C21H29NO3. The van der Waals surface area contributed by atoms with Gasteiger partial charge >= 0.3 is 0 Å². The van der Waals surface area contributed by atoms with Gasteiger partial charge in [-0.1, -0.05) is 36.8 Å². The van der Waals surface area contributed by atoms with E-state index in [1.54, 1.807) is 14.2 Å². The fourth-order valence-electron chi connectivity index (χ4n) is 3.01. The van der Waals surface area contributed by atoms with Gasteiger partial charge in [0, 0.05) is 5.92 Å². The molecule has 2 aromatic rings. The second-order valence-electron chi connectivity index (χ2n) is 6.18. The van der Waals surface area contributed by atoms with Gasteiger partial charge in [-0.25, -0.2) is 0 Å². The molecule has 0 bridgehead atoms. The minimum Gasteiger partial charge on any atom is -0.496 e. The van der Waals surface area contributed by atoms with Gasteiger partial charge in [0.2, 0.25) is 0 Å². The monoisotopic (exact) mass is 343 g/mol. The first-order chi connectivity index (χ1) is 12.1. The van der Waals surface area contributed by atoms with Gasteiger partial charge in [-0.05, 0) is 49.6 Å². The van der Waals surface area contributed by atoms with Crippen LogP contribution < -0.4 is 19.9 Å². The molecule has 136 valence electrons. The Balaban J connectivity index is 2.37. The Bertz CT molecular complexity index is 685. The van der Waals surface area contributed by atoms with E-state index in [4.69, 9.17) is 19.9 Å². The molecule has 0 amide bonds. The Morgan fingerprint density at radius 3 is 2.44 bits per heavy atom. The van der Waals surface area contributed by atoms with E-state index in [1.165, 1.54) is 5.56 Å². The molecule has 25 heavy (non-hydrogen) atoms. The maximum absolute atomic E-state index is 6.12. The molecule has 0 spiro atoms. The summed E-state index contributed by atoms with van der Waals surface area (Å²) < 4.78 is 17.0. The molecule has 0 aliphatic rings. The molecule has 4 heteroatoms. The van der Waals surface area contributed by atoms with Crippen molar-refractivity contribution in [3.63, 3.8) is 0 Å². The summed E-state index contributed by atoms with van der Waals surface area (Å²) in [7, 11) is 3.37. The van der Waals surface area contributed by atoms with Crippen molar-refractivity contribution in [3.05, 3.63) is 53.1 Å².